The second-order valence-corrected chi connectivity index (χ2v) is 4.74. The van der Waals surface area contributed by atoms with Crippen molar-refractivity contribution in [1.82, 2.24) is 10.3 Å². The molecule has 1 aromatic carbocycles. The third kappa shape index (κ3) is 4.74. The lowest BCUT2D eigenvalue weighted by Crippen LogP contribution is -2.25. The number of nitrogens with one attached hydrogen (secondary N) is 1. The highest BCUT2D eigenvalue weighted by Crippen LogP contribution is 2.20. The summed E-state index contributed by atoms with van der Waals surface area (Å²) in [5.41, 5.74) is 3.02. The highest BCUT2D eigenvalue weighted by Gasteiger charge is 2.05. The second kappa shape index (κ2) is 9.05. The van der Waals surface area contributed by atoms with Crippen LogP contribution in [-0.4, -0.2) is 24.5 Å². The Morgan fingerprint density at radius 1 is 1.23 bits per heavy atom. The fourth-order valence-corrected chi connectivity index (χ4v) is 2.19. The maximum atomic E-state index is 11.9. The van der Waals surface area contributed by atoms with Crippen molar-refractivity contribution in [1.29, 1.82) is 0 Å². The number of methoxy groups -OCH3 is 1. The maximum Gasteiger partial charge on any atom is 0.251 e. The van der Waals surface area contributed by atoms with E-state index in [1.54, 1.807) is 31.6 Å². The summed E-state index contributed by atoms with van der Waals surface area (Å²) in [5, 5.41) is 2.92. The number of aryl methyl sites for hydroxylation is 1. The van der Waals surface area contributed by atoms with Gasteiger partial charge in [-0.3, -0.25) is 9.78 Å². The number of aromatic nitrogens is 1. The van der Waals surface area contributed by atoms with Gasteiger partial charge in [-0.2, -0.15) is 0 Å². The zero-order valence-corrected chi connectivity index (χ0v) is 13.7. The number of hydrogen-bond acceptors (Lipinski definition) is 3. The monoisotopic (exact) mass is 320 g/mol. The van der Waals surface area contributed by atoms with Gasteiger partial charge in [0.1, 0.15) is 5.75 Å². The lowest BCUT2D eigenvalue weighted by Gasteiger charge is -2.10. The first-order valence-electron chi connectivity index (χ1n) is 7.08. The van der Waals surface area contributed by atoms with Crippen molar-refractivity contribution in [2.75, 3.05) is 13.7 Å². The highest BCUT2D eigenvalue weighted by molar-refractivity contribution is 5.93. The minimum absolute atomic E-state index is 0. The predicted molar refractivity (Wildman–Crippen MR) is 89.9 cm³/mol. The number of amides is 1. The van der Waals surface area contributed by atoms with E-state index in [4.69, 9.17) is 4.74 Å². The van der Waals surface area contributed by atoms with E-state index in [9.17, 15) is 4.79 Å². The van der Waals surface area contributed by atoms with Crippen LogP contribution in [0.25, 0.3) is 0 Å². The van der Waals surface area contributed by atoms with E-state index < -0.39 is 0 Å². The Kier molecular flexibility index (Phi) is 7.40. The normalized spacial score (nSPS) is 9.73. The molecule has 0 radical (unpaired) electrons. The van der Waals surface area contributed by atoms with Crippen LogP contribution in [0.2, 0.25) is 0 Å². The molecule has 0 aliphatic carbocycles. The van der Waals surface area contributed by atoms with Gasteiger partial charge in [-0.05, 0) is 42.2 Å². The molecule has 4 nitrogen and oxygen atoms in total. The van der Waals surface area contributed by atoms with Gasteiger partial charge in [0, 0.05) is 24.5 Å². The van der Waals surface area contributed by atoms with Crippen molar-refractivity contribution in [2.45, 2.75) is 19.8 Å². The van der Waals surface area contributed by atoms with Gasteiger partial charge in [0.15, 0.2) is 0 Å². The Bertz CT molecular complexity index is 603. The van der Waals surface area contributed by atoms with Gasteiger partial charge in [0.2, 0.25) is 0 Å². The van der Waals surface area contributed by atoms with Crippen LogP contribution >= 0.6 is 12.4 Å². The molecule has 2 aromatic rings. The first kappa shape index (κ1) is 18.0. The average Bonchev–Trinajstić information content (AvgIpc) is 2.55. The second-order valence-electron chi connectivity index (χ2n) is 4.74. The summed E-state index contributed by atoms with van der Waals surface area (Å²) in [5.74, 6) is 0.851. The molecule has 1 N–H and O–H groups in total. The van der Waals surface area contributed by atoms with Crippen molar-refractivity contribution >= 4 is 18.3 Å². The number of halogens is 1. The maximum absolute atomic E-state index is 11.9. The molecule has 0 unspecified atom stereocenters. The molecule has 0 saturated carbocycles. The Labute approximate surface area is 137 Å². The van der Waals surface area contributed by atoms with E-state index in [0.717, 1.165) is 18.6 Å². The minimum Gasteiger partial charge on any atom is -0.496 e. The summed E-state index contributed by atoms with van der Waals surface area (Å²) < 4.78 is 5.32. The van der Waals surface area contributed by atoms with Crippen LogP contribution in [0.1, 0.15) is 28.4 Å². The molecule has 118 valence electrons. The summed E-state index contributed by atoms with van der Waals surface area (Å²) in [7, 11) is 1.68. The van der Waals surface area contributed by atoms with Gasteiger partial charge in [0.25, 0.3) is 5.91 Å². The molecule has 0 saturated heterocycles. The third-order valence-corrected chi connectivity index (χ3v) is 3.37. The van der Waals surface area contributed by atoms with E-state index in [1.165, 1.54) is 11.1 Å². The van der Waals surface area contributed by atoms with Crippen molar-refractivity contribution < 1.29 is 9.53 Å². The molecule has 0 fully saturated rings. The van der Waals surface area contributed by atoms with Crippen LogP contribution in [0.3, 0.4) is 0 Å². The van der Waals surface area contributed by atoms with Gasteiger partial charge in [-0.15, -0.1) is 12.4 Å². The topological polar surface area (TPSA) is 51.2 Å². The lowest BCUT2D eigenvalue weighted by molar-refractivity contribution is 0.0954. The van der Waals surface area contributed by atoms with Crippen molar-refractivity contribution in [3.63, 3.8) is 0 Å². The van der Waals surface area contributed by atoms with Crippen molar-refractivity contribution in [3.05, 3.63) is 59.4 Å². The largest absolute Gasteiger partial charge is 0.496 e. The molecular weight excluding hydrogens is 300 g/mol. The molecule has 5 heteroatoms. The summed E-state index contributed by atoms with van der Waals surface area (Å²) in [6, 6.07) is 9.57. The van der Waals surface area contributed by atoms with E-state index >= 15 is 0 Å². The molecular formula is C17H21ClN2O2. The first-order valence-corrected chi connectivity index (χ1v) is 7.08. The number of ether oxygens (including phenoxy) is 1. The third-order valence-electron chi connectivity index (χ3n) is 3.37. The molecule has 2 rings (SSSR count). The van der Waals surface area contributed by atoms with Gasteiger partial charge in [-0.25, -0.2) is 0 Å². The van der Waals surface area contributed by atoms with Crippen LogP contribution in [0.4, 0.5) is 0 Å². The minimum atomic E-state index is -0.0679. The van der Waals surface area contributed by atoms with Crippen LogP contribution in [0, 0.1) is 0 Å². The molecule has 1 heterocycles. The number of pyridine rings is 1. The van der Waals surface area contributed by atoms with Crippen molar-refractivity contribution in [3.8, 4) is 5.75 Å². The Morgan fingerprint density at radius 2 is 1.95 bits per heavy atom. The molecule has 0 atom stereocenters. The van der Waals surface area contributed by atoms with Gasteiger partial charge >= 0.3 is 0 Å². The van der Waals surface area contributed by atoms with Crippen LogP contribution in [-0.2, 0) is 12.8 Å². The average molecular weight is 321 g/mol. The number of benzene rings is 1. The number of rotatable bonds is 6. The van der Waals surface area contributed by atoms with Gasteiger partial charge < -0.3 is 10.1 Å². The molecule has 22 heavy (non-hydrogen) atoms. The predicted octanol–water partition coefficient (Wildman–Crippen LogP) is 3.05. The SMILES string of the molecule is CCc1cc(CCNC(=O)c2ccncc2)ccc1OC.Cl. The number of carbonyl (C=O) groups is 1. The Morgan fingerprint density at radius 3 is 2.59 bits per heavy atom. The molecule has 1 amide bonds. The highest BCUT2D eigenvalue weighted by atomic mass is 35.5. The lowest BCUT2D eigenvalue weighted by atomic mass is 10.1. The Balaban J connectivity index is 0.00000242. The standard InChI is InChI=1S/C17H20N2O2.ClH/c1-3-14-12-13(4-5-16(14)21-2)6-11-19-17(20)15-7-9-18-10-8-15;/h4-5,7-10,12H,3,6,11H2,1-2H3,(H,19,20);1H. The number of hydrogen-bond donors (Lipinski definition) is 1. The molecule has 0 bridgehead atoms. The van der Waals surface area contributed by atoms with Crippen LogP contribution in [0.5, 0.6) is 5.75 Å². The van der Waals surface area contributed by atoms with Gasteiger partial charge in [0.05, 0.1) is 7.11 Å². The zero-order valence-electron chi connectivity index (χ0n) is 12.8. The molecule has 0 spiro atoms. The molecule has 0 aliphatic heterocycles. The van der Waals surface area contributed by atoms with E-state index in [-0.39, 0.29) is 18.3 Å². The van der Waals surface area contributed by atoms with Crippen LogP contribution in [0.15, 0.2) is 42.7 Å². The van der Waals surface area contributed by atoms with Crippen LogP contribution < -0.4 is 10.1 Å². The quantitative estimate of drug-likeness (QED) is 0.890. The fraction of sp³-hybridized carbons (Fsp3) is 0.294. The molecule has 0 aliphatic rings. The zero-order chi connectivity index (χ0) is 15.1. The summed E-state index contributed by atoms with van der Waals surface area (Å²) >= 11 is 0. The van der Waals surface area contributed by atoms with E-state index in [0.29, 0.717) is 12.1 Å². The number of nitrogens with zero attached hydrogens (tertiary/aromatic N) is 1. The Hall–Kier alpha value is -2.07. The van der Waals surface area contributed by atoms with Crippen molar-refractivity contribution in [2.24, 2.45) is 0 Å². The first-order chi connectivity index (χ1) is 10.2. The summed E-state index contributed by atoms with van der Waals surface area (Å²) in [4.78, 5) is 15.8. The summed E-state index contributed by atoms with van der Waals surface area (Å²) in [6.07, 6.45) is 4.96. The van der Waals surface area contributed by atoms with E-state index in [2.05, 4.69) is 23.3 Å². The van der Waals surface area contributed by atoms with Gasteiger partial charge in [-0.1, -0.05) is 19.1 Å². The summed E-state index contributed by atoms with van der Waals surface area (Å²) in [6.45, 7) is 2.71. The smallest absolute Gasteiger partial charge is 0.251 e. The van der Waals surface area contributed by atoms with E-state index in [1.807, 2.05) is 12.1 Å². The fourth-order valence-electron chi connectivity index (χ4n) is 2.19. The number of carbonyl (C=O) groups excluding carboxylic acids is 1. The molecule has 1 aromatic heterocycles.